The van der Waals surface area contributed by atoms with Crippen molar-refractivity contribution in [2.45, 2.75) is 19.9 Å². The van der Waals surface area contributed by atoms with Gasteiger partial charge in [-0.2, -0.15) is 0 Å². The Bertz CT molecular complexity index is 617. The number of nitrogens with zero attached hydrogens (tertiary/aromatic N) is 2. The van der Waals surface area contributed by atoms with Crippen LogP contribution in [0, 0.1) is 0 Å². The van der Waals surface area contributed by atoms with Crippen molar-refractivity contribution in [3.8, 4) is 10.6 Å². The molecule has 0 aliphatic rings. The third-order valence-corrected chi connectivity index (χ3v) is 3.35. The fourth-order valence-corrected chi connectivity index (χ4v) is 2.41. The predicted molar refractivity (Wildman–Crippen MR) is 69.1 cm³/mol. The average Bonchev–Trinajstić information content (AvgIpc) is 2.84. The van der Waals surface area contributed by atoms with Crippen molar-refractivity contribution in [1.82, 2.24) is 9.55 Å². The van der Waals surface area contributed by atoms with Crippen molar-refractivity contribution in [1.29, 1.82) is 0 Å². The normalized spacial score (nSPS) is 10.5. The second-order valence-electron chi connectivity index (χ2n) is 3.75. The average molecular weight is 264 g/mol. The first kappa shape index (κ1) is 12.5. The van der Waals surface area contributed by atoms with E-state index >= 15 is 0 Å². The molecular formula is C12H12N2O3S. The van der Waals surface area contributed by atoms with E-state index in [0.29, 0.717) is 11.4 Å². The summed E-state index contributed by atoms with van der Waals surface area (Å²) in [5, 5.41) is 11.0. The van der Waals surface area contributed by atoms with Gasteiger partial charge in [-0.15, -0.1) is 11.3 Å². The summed E-state index contributed by atoms with van der Waals surface area (Å²) in [5.74, 6) is -1.23. The third kappa shape index (κ3) is 2.19. The number of carbonyl (C=O) groups is 1. The van der Waals surface area contributed by atoms with Gasteiger partial charge >= 0.3 is 5.97 Å². The van der Waals surface area contributed by atoms with Crippen molar-refractivity contribution >= 4 is 17.3 Å². The maximum atomic E-state index is 12.1. The van der Waals surface area contributed by atoms with Crippen LogP contribution in [0.5, 0.6) is 0 Å². The van der Waals surface area contributed by atoms with Gasteiger partial charge in [0.15, 0.2) is 5.56 Å². The van der Waals surface area contributed by atoms with Crippen LogP contribution in [0.1, 0.15) is 23.7 Å². The highest BCUT2D eigenvalue weighted by atomic mass is 32.1. The Balaban J connectivity index is 2.66. The fraction of sp³-hybridized carbons (Fsp3) is 0.250. The molecule has 0 bridgehead atoms. The molecular weight excluding hydrogens is 252 g/mol. The standard InChI is InChI=1S/C12H12N2O3S/c1-2-5-14-7-13-10(8-4-3-6-18-8)9(11(14)15)12(16)17/h3-4,6-7H,2,5H2,1H3,(H,16,17). The third-order valence-electron chi connectivity index (χ3n) is 2.47. The van der Waals surface area contributed by atoms with E-state index in [4.69, 9.17) is 0 Å². The molecule has 0 fully saturated rings. The molecule has 2 aromatic rings. The Labute approximate surface area is 107 Å². The van der Waals surface area contributed by atoms with E-state index in [1.165, 1.54) is 22.2 Å². The van der Waals surface area contributed by atoms with Crippen LogP contribution < -0.4 is 5.56 Å². The molecule has 0 radical (unpaired) electrons. The van der Waals surface area contributed by atoms with Crippen molar-refractivity contribution in [3.63, 3.8) is 0 Å². The summed E-state index contributed by atoms with van der Waals surface area (Å²) >= 11 is 1.36. The summed E-state index contributed by atoms with van der Waals surface area (Å²) in [6.07, 6.45) is 2.16. The van der Waals surface area contributed by atoms with Crippen LogP contribution in [0.4, 0.5) is 0 Å². The maximum absolute atomic E-state index is 12.1. The highest BCUT2D eigenvalue weighted by molar-refractivity contribution is 7.13. The minimum atomic E-state index is -1.23. The summed E-state index contributed by atoms with van der Waals surface area (Å²) in [6, 6.07) is 3.55. The number of aromatic carboxylic acids is 1. The Hall–Kier alpha value is -1.95. The number of hydrogen-bond donors (Lipinski definition) is 1. The first-order valence-electron chi connectivity index (χ1n) is 5.51. The van der Waals surface area contributed by atoms with E-state index in [0.717, 1.165) is 6.42 Å². The molecule has 2 heterocycles. The van der Waals surface area contributed by atoms with Crippen LogP contribution in [0.3, 0.4) is 0 Å². The summed E-state index contributed by atoms with van der Waals surface area (Å²) in [5.41, 5.74) is -0.508. The number of aryl methyl sites for hydroxylation is 1. The Kier molecular flexibility index (Phi) is 3.57. The second-order valence-corrected chi connectivity index (χ2v) is 4.70. The SMILES string of the molecule is CCCn1cnc(-c2cccs2)c(C(=O)O)c1=O. The van der Waals surface area contributed by atoms with Gasteiger partial charge in [0.25, 0.3) is 5.56 Å². The molecule has 2 aromatic heterocycles. The molecule has 1 N–H and O–H groups in total. The highest BCUT2D eigenvalue weighted by Crippen LogP contribution is 2.24. The quantitative estimate of drug-likeness (QED) is 0.917. The first-order valence-corrected chi connectivity index (χ1v) is 6.39. The summed E-state index contributed by atoms with van der Waals surface area (Å²) < 4.78 is 1.33. The molecule has 6 heteroatoms. The molecule has 0 spiro atoms. The van der Waals surface area contributed by atoms with Crippen molar-refractivity contribution in [2.24, 2.45) is 0 Å². The van der Waals surface area contributed by atoms with Crippen molar-refractivity contribution in [3.05, 3.63) is 39.8 Å². The van der Waals surface area contributed by atoms with Gasteiger partial charge in [0.05, 0.1) is 11.2 Å². The van der Waals surface area contributed by atoms with E-state index in [1.54, 1.807) is 12.1 Å². The smallest absolute Gasteiger partial charge is 0.343 e. The largest absolute Gasteiger partial charge is 0.477 e. The maximum Gasteiger partial charge on any atom is 0.343 e. The number of hydrogen-bond acceptors (Lipinski definition) is 4. The monoisotopic (exact) mass is 264 g/mol. The number of thiophene rings is 1. The Morgan fingerprint density at radius 3 is 2.89 bits per heavy atom. The second kappa shape index (κ2) is 5.14. The van der Waals surface area contributed by atoms with E-state index in [9.17, 15) is 14.7 Å². The molecule has 94 valence electrons. The van der Waals surface area contributed by atoms with Gasteiger partial charge in [-0.25, -0.2) is 9.78 Å². The number of carboxylic acid groups (broad SMARTS) is 1. The molecule has 2 rings (SSSR count). The molecule has 0 saturated carbocycles. The molecule has 0 amide bonds. The molecule has 0 atom stereocenters. The van der Waals surface area contributed by atoms with Crippen LogP contribution in [-0.2, 0) is 6.54 Å². The van der Waals surface area contributed by atoms with Crippen LogP contribution in [0.25, 0.3) is 10.6 Å². The van der Waals surface area contributed by atoms with Gasteiger partial charge in [0.2, 0.25) is 0 Å². The molecule has 0 aromatic carbocycles. The van der Waals surface area contributed by atoms with E-state index < -0.39 is 11.5 Å². The number of aromatic nitrogens is 2. The van der Waals surface area contributed by atoms with Crippen molar-refractivity contribution < 1.29 is 9.90 Å². The van der Waals surface area contributed by atoms with Gasteiger partial charge in [-0.1, -0.05) is 13.0 Å². The predicted octanol–water partition coefficient (Wildman–Crippen LogP) is 2.08. The lowest BCUT2D eigenvalue weighted by Gasteiger charge is -2.07. The lowest BCUT2D eigenvalue weighted by molar-refractivity contribution is 0.0694. The summed E-state index contributed by atoms with van der Waals surface area (Å²) in [4.78, 5) is 28.1. The van der Waals surface area contributed by atoms with Crippen LogP contribution in [0.15, 0.2) is 28.6 Å². The zero-order valence-corrected chi connectivity index (χ0v) is 10.6. The minimum absolute atomic E-state index is 0.245. The molecule has 0 aliphatic heterocycles. The highest BCUT2D eigenvalue weighted by Gasteiger charge is 2.20. The zero-order valence-electron chi connectivity index (χ0n) is 9.79. The fourth-order valence-electron chi connectivity index (χ4n) is 1.68. The Morgan fingerprint density at radius 2 is 2.33 bits per heavy atom. The molecule has 5 nitrogen and oxygen atoms in total. The Morgan fingerprint density at radius 1 is 1.56 bits per heavy atom. The molecule has 0 saturated heterocycles. The number of rotatable bonds is 4. The van der Waals surface area contributed by atoms with Crippen LogP contribution in [0.2, 0.25) is 0 Å². The summed E-state index contributed by atoms with van der Waals surface area (Å²) in [7, 11) is 0. The zero-order chi connectivity index (χ0) is 13.1. The van der Waals surface area contributed by atoms with Gasteiger partial charge in [-0.05, 0) is 17.9 Å². The van der Waals surface area contributed by atoms with E-state index in [-0.39, 0.29) is 11.3 Å². The van der Waals surface area contributed by atoms with E-state index in [2.05, 4.69) is 4.98 Å². The lowest BCUT2D eigenvalue weighted by atomic mass is 10.2. The topological polar surface area (TPSA) is 72.2 Å². The molecule has 0 unspecified atom stereocenters. The van der Waals surface area contributed by atoms with Crippen LogP contribution in [-0.4, -0.2) is 20.6 Å². The summed E-state index contributed by atoms with van der Waals surface area (Å²) in [6.45, 7) is 2.39. The van der Waals surface area contributed by atoms with Gasteiger partial charge in [-0.3, -0.25) is 9.36 Å². The minimum Gasteiger partial charge on any atom is -0.477 e. The van der Waals surface area contributed by atoms with Crippen LogP contribution >= 0.6 is 11.3 Å². The van der Waals surface area contributed by atoms with Gasteiger partial charge < -0.3 is 5.11 Å². The van der Waals surface area contributed by atoms with E-state index in [1.807, 2.05) is 12.3 Å². The molecule has 18 heavy (non-hydrogen) atoms. The molecule has 0 aliphatic carbocycles. The van der Waals surface area contributed by atoms with Crippen molar-refractivity contribution in [2.75, 3.05) is 0 Å². The lowest BCUT2D eigenvalue weighted by Crippen LogP contribution is -2.27. The van der Waals surface area contributed by atoms with Gasteiger partial charge in [0.1, 0.15) is 5.69 Å². The first-order chi connectivity index (χ1) is 8.65. The number of carboxylic acids is 1. The van der Waals surface area contributed by atoms with Gasteiger partial charge in [0, 0.05) is 6.54 Å².